The number of fused-ring (bicyclic) bond motifs is 1. The van der Waals surface area contributed by atoms with Gasteiger partial charge in [0.05, 0.1) is 17.1 Å². The average molecular weight is 397 g/mol. The maximum atomic E-state index is 12.7. The zero-order valence-corrected chi connectivity index (χ0v) is 16.1. The molecule has 29 heavy (non-hydrogen) atoms. The Bertz CT molecular complexity index is 1010. The predicted molar refractivity (Wildman–Crippen MR) is 104 cm³/mol. The van der Waals surface area contributed by atoms with E-state index in [1.807, 2.05) is 0 Å². The molecule has 0 fully saturated rings. The lowest BCUT2D eigenvalue weighted by atomic mass is 10.0. The van der Waals surface area contributed by atoms with Gasteiger partial charge in [0.2, 0.25) is 5.78 Å². The smallest absolute Gasteiger partial charge is 0.347 e. The zero-order valence-electron chi connectivity index (χ0n) is 16.1. The van der Waals surface area contributed by atoms with E-state index in [4.69, 9.17) is 14.2 Å². The molecule has 0 saturated carbocycles. The second-order valence-corrected chi connectivity index (χ2v) is 6.41. The number of nitro groups is 1. The number of rotatable bonds is 6. The Balaban J connectivity index is 1.83. The fraction of sp³-hybridized carbons (Fsp3) is 0.238. The molecule has 0 aliphatic carbocycles. The van der Waals surface area contributed by atoms with Crippen molar-refractivity contribution in [3.8, 4) is 11.5 Å². The number of non-ortho nitro benzene ring substituents is 1. The Morgan fingerprint density at radius 3 is 2.59 bits per heavy atom. The number of hydrogen-bond acceptors (Lipinski definition) is 7. The summed E-state index contributed by atoms with van der Waals surface area (Å²) in [6, 6.07) is 8.98. The van der Waals surface area contributed by atoms with Crippen LogP contribution in [0.4, 0.5) is 5.69 Å². The summed E-state index contributed by atoms with van der Waals surface area (Å²) in [7, 11) is 0. The molecule has 2 aromatic rings. The van der Waals surface area contributed by atoms with E-state index in [2.05, 4.69) is 0 Å². The highest BCUT2D eigenvalue weighted by molar-refractivity contribution is 6.15. The Morgan fingerprint density at radius 2 is 1.97 bits per heavy atom. The Labute approximate surface area is 166 Å². The maximum absolute atomic E-state index is 12.7. The molecule has 0 N–H and O–H groups in total. The van der Waals surface area contributed by atoms with Crippen molar-refractivity contribution in [1.82, 2.24) is 0 Å². The number of hydrogen-bond donors (Lipinski definition) is 0. The molecule has 0 amide bonds. The van der Waals surface area contributed by atoms with Gasteiger partial charge >= 0.3 is 5.97 Å². The van der Waals surface area contributed by atoms with Crippen molar-refractivity contribution >= 4 is 23.5 Å². The SMILES string of the molecule is CCOC(=O)C(C)Oc1cc(C)c2c(c1)O/C(=C\c1ccc([N+](=O)[O-])cc1)C2=O. The summed E-state index contributed by atoms with van der Waals surface area (Å²) in [5.41, 5.74) is 1.61. The third kappa shape index (κ3) is 4.26. The van der Waals surface area contributed by atoms with Crippen LogP contribution in [0.15, 0.2) is 42.2 Å². The Hall–Kier alpha value is -3.68. The molecule has 1 unspecified atom stereocenters. The van der Waals surface area contributed by atoms with Gasteiger partial charge in [-0.1, -0.05) is 0 Å². The number of nitrogens with zero attached hydrogens (tertiary/aromatic N) is 1. The van der Waals surface area contributed by atoms with Crippen molar-refractivity contribution in [2.75, 3.05) is 6.61 Å². The second kappa shape index (κ2) is 8.14. The first-order chi connectivity index (χ1) is 13.8. The highest BCUT2D eigenvalue weighted by atomic mass is 16.6. The molecule has 8 heteroatoms. The summed E-state index contributed by atoms with van der Waals surface area (Å²) in [4.78, 5) is 34.7. The number of carbonyl (C=O) groups excluding carboxylic acids is 2. The molecule has 1 aliphatic heterocycles. The van der Waals surface area contributed by atoms with E-state index in [1.165, 1.54) is 30.3 Å². The summed E-state index contributed by atoms with van der Waals surface area (Å²) >= 11 is 0. The van der Waals surface area contributed by atoms with E-state index in [0.717, 1.165) is 0 Å². The third-order valence-electron chi connectivity index (χ3n) is 4.28. The van der Waals surface area contributed by atoms with Crippen LogP contribution in [0.25, 0.3) is 6.08 Å². The van der Waals surface area contributed by atoms with Crippen molar-refractivity contribution in [3.63, 3.8) is 0 Å². The minimum atomic E-state index is -0.806. The van der Waals surface area contributed by atoms with E-state index in [-0.39, 0.29) is 23.8 Å². The van der Waals surface area contributed by atoms with Crippen LogP contribution in [-0.4, -0.2) is 29.4 Å². The summed E-state index contributed by atoms with van der Waals surface area (Å²) in [6.45, 7) is 5.29. The molecule has 1 heterocycles. The topological polar surface area (TPSA) is 105 Å². The monoisotopic (exact) mass is 397 g/mol. The van der Waals surface area contributed by atoms with Gasteiger partial charge in [-0.25, -0.2) is 4.79 Å². The summed E-state index contributed by atoms with van der Waals surface area (Å²) in [5, 5.41) is 10.8. The van der Waals surface area contributed by atoms with Gasteiger partial charge in [-0.15, -0.1) is 0 Å². The molecule has 0 bridgehead atoms. The van der Waals surface area contributed by atoms with E-state index in [0.29, 0.717) is 28.2 Å². The molecule has 0 radical (unpaired) electrons. The van der Waals surface area contributed by atoms with Crippen molar-refractivity contribution in [3.05, 3.63) is 69.0 Å². The number of aryl methyl sites for hydroxylation is 1. The Kier molecular flexibility index (Phi) is 5.63. The maximum Gasteiger partial charge on any atom is 0.347 e. The van der Waals surface area contributed by atoms with E-state index >= 15 is 0 Å². The van der Waals surface area contributed by atoms with Crippen LogP contribution in [-0.2, 0) is 9.53 Å². The Morgan fingerprint density at radius 1 is 1.28 bits per heavy atom. The number of Topliss-reactive ketones (excluding diaryl/α,β-unsaturated/α-hetero) is 1. The highest BCUT2D eigenvalue weighted by Gasteiger charge is 2.30. The molecule has 0 aromatic heterocycles. The average Bonchev–Trinajstić information content (AvgIpc) is 2.98. The van der Waals surface area contributed by atoms with Gasteiger partial charge in [0.15, 0.2) is 11.9 Å². The number of ether oxygens (including phenoxy) is 3. The minimum absolute atomic E-state index is 0.0394. The lowest BCUT2D eigenvalue weighted by molar-refractivity contribution is -0.384. The van der Waals surface area contributed by atoms with Gasteiger partial charge in [0, 0.05) is 18.2 Å². The van der Waals surface area contributed by atoms with Gasteiger partial charge in [0.25, 0.3) is 5.69 Å². The van der Waals surface area contributed by atoms with Gasteiger partial charge in [-0.05, 0) is 56.2 Å². The molecular formula is C21H19NO7. The highest BCUT2D eigenvalue weighted by Crippen LogP contribution is 2.37. The second-order valence-electron chi connectivity index (χ2n) is 6.41. The lowest BCUT2D eigenvalue weighted by Crippen LogP contribution is -2.26. The summed E-state index contributed by atoms with van der Waals surface area (Å²) < 4.78 is 16.2. The molecule has 0 spiro atoms. The van der Waals surface area contributed by atoms with E-state index < -0.39 is 17.0 Å². The quantitative estimate of drug-likeness (QED) is 0.315. The van der Waals surface area contributed by atoms with Crippen molar-refractivity contribution in [2.24, 2.45) is 0 Å². The van der Waals surface area contributed by atoms with Gasteiger partial charge in [-0.2, -0.15) is 0 Å². The van der Waals surface area contributed by atoms with Crippen LogP contribution in [0.5, 0.6) is 11.5 Å². The predicted octanol–water partition coefficient (Wildman–Crippen LogP) is 3.85. The van der Waals surface area contributed by atoms with E-state index in [9.17, 15) is 19.7 Å². The van der Waals surface area contributed by atoms with Crippen LogP contribution >= 0.6 is 0 Å². The van der Waals surface area contributed by atoms with Crippen LogP contribution in [0, 0.1) is 17.0 Å². The molecule has 150 valence electrons. The van der Waals surface area contributed by atoms with Crippen LogP contribution in [0.2, 0.25) is 0 Å². The normalized spacial score (nSPS) is 14.9. The molecule has 0 saturated heterocycles. The first-order valence-electron chi connectivity index (χ1n) is 8.96. The van der Waals surface area contributed by atoms with Gasteiger partial charge < -0.3 is 14.2 Å². The van der Waals surface area contributed by atoms with Crippen LogP contribution < -0.4 is 9.47 Å². The fourth-order valence-corrected chi connectivity index (χ4v) is 2.90. The molecule has 8 nitrogen and oxygen atoms in total. The van der Waals surface area contributed by atoms with Gasteiger partial charge in [-0.3, -0.25) is 14.9 Å². The minimum Gasteiger partial charge on any atom is -0.479 e. The molecular weight excluding hydrogens is 378 g/mol. The van der Waals surface area contributed by atoms with E-state index in [1.54, 1.807) is 32.9 Å². The number of nitro benzene ring substituents is 1. The zero-order chi connectivity index (χ0) is 21.1. The largest absolute Gasteiger partial charge is 0.479 e. The first kappa shape index (κ1) is 20.1. The lowest BCUT2D eigenvalue weighted by Gasteiger charge is -2.14. The van der Waals surface area contributed by atoms with Crippen LogP contribution in [0.3, 0.4) is 0 Å². The molecule has 2 aromatic carbocycles. The van der Waals surface area contributed by atoms with Crippen molar-refractivity contribution < 1.29 is 28.7 Å². The summed E-state index contributed by atoms with van der Waals surface area (Å²) in [5.74, 6) is 0.0372. The number of allylic oxidation sites excluding steroid dienone is 1. The van der Waals surface area contributed by atoms with Crippen LogP contribution in [0.1, 0.15) is 35.3 Å². The fourth-order valence-electron chi connectivity index (χ4n) is 2.90. The standard InChI is InChI=1S/C21H19NO7/c1-4-27-21(24)13(3)28-16-9-12(2)19-17(11-16)29-18(20(19)23)10-14-5-7-15(8-6-14)22(25)26/h5-11,13H,4H2,1-3H3/b18-10-. The summed E-state index contributed by atoms with van der Waals surface area (Å²) in [6.07, 6.45) is 0.715. The van der Waals surface area contributed by atoms with Gasteiger partial charge in [0.1, 0.15) is 11.5 Å². The molecule has 3 rings (SSSR count). The van der Waals surface area contributed by atoms with Crippen molar-refractivity contribution in [2.45, 2.75) is 26.9 Å². The third-order valence-corrected chi connectivity index (χ3v) is 4.28. The number of ketones is 1. The first-order valence-corrected chi connectivity index (χ1v) is 8.96. The number of benzene rings is 2. The molecule has 1 aliphatic rings. The number of esters is 1. The number of carbonyl (C=O) groups is 2. The molecule has 1 atom stereocenters. The van der Waals surface area contributed by atoms with Crippen molar-refractivity contribution in [1.29, 1.82) is 0 Å².